The standard InChI is InChI=1S/C19H21FINO3/c20-17(11-22-21)19(25-13-16-9-5-2-6-10-16)18(23)14-24-12-15-7-3-1-4-8-15/h1-11,17-19,23H,12-14H2/b22-11+/t17-,18?,19+/m1/s1. The van der Waals surface area contributed by atoms with Gasteiger partial charge < -0.3 is 14.6 Å². The van der Waals surface area contributed by atoms with Crippen LogP contribution in [-0.2, 0) is 22.7 Å². The number of benzene rings is 2. The number of aliphatic hydroxyl groups is 1. The Balaban J connectivity index is 1.89. The molecule has 0 spiro atoms. The minimum Gasteiger partial charge on any atom is -0.388 e. The molecule has 1 unspecified atom stereocenters. The lowest BCUT2D eigenvalue weighted by Crippen LogP contribution is -2.41. The predicted molar refractivity (Wildman–Crippen MR) is 105 cm³/mol. The van der Waals surface area contributed by atoms with Crippen LogP contribution in [0.4, 0.5) is 4.39 Å². The smallest absolute Gasteiger partial charge is 0.164 e. The zero-order valence-corrected chi connectivity index (χ0v) is 15.8. The van der Waals surface area contributed by atoms with E-state index in [1.807, 2.05) is 60.7 Å². The maximum Gasteiger partial charge on any atom is 0.164 e. The molecule has 0 fully saturated rings. The number of hydrogen-bond acceptors (Lipinski definition) is 4. The monoisotopic (exact) mass is 457 g/mol. The fourth-order valence-electron chi connectivity index (χ4n) is 2.29. The van der Waals surface area contributed by atoms with E-state index in [4.69, 9.17) is 9.47 Å². The average Bonchev–Trinajstić information content (AvgIpc) is 2.64. The summed E-state index contributed by atoms with van der Waals surface area (Å²) >= 11 is 1.70. The molecular weight excluding hydrogens is 436 g/mol. The lowest BCUT2D eigenvalue weighted by Gasteiger charge is -2.24. The van der Waals surface area contributed by atoms with E-state index in [1.165, 1.54) is 0 Å². The van der Waals surface area contributed by atoms with Crippen LogP contribution in [0.1, 0.15) is 11.1 Å². The minimum atomic E-state index is -1.52. The Hall–Kier alpha value is -1.35. The molecule has 0 aliphatic carbocycles. The van der Waals surface area contributed by atoms with Gasteiger partial charge in [-0.25, -0.2) is 7.60 Å². The number of nitrogens with zero attached hydrogens (tertiary/aromatic N) is 1. The average molecular weight is 457 g/mol. The van der Waals surface area contributed by atoms with Crippen molar-refractivity contribution in [3.63, 3.8) is 0 Å². The Labute approximate surface area is 161 Å². The molecule has 1 N–H and O–H groups in total. The van der Waals surface area contributed by atoms with Gasteiger partial charge in [0.05, 0.1) is 42.7 Å². The van der Waals surface area contributed by atoms with Crippen molar-refractivity contribution in [1.29, 1.82) is 0 Å². The van der Waals surface area contributed by atoms with E-state index in [1.54, 1.807) is 22.9 Å². The number of halogens is 2. The van der Waals surface area contributed by atoms with E-state index in [0.29, 0.717) is 6.61 Å². The van der Waals surface area contributed by atoms with Crippen molar-refractivity contribution in [2.45, 2.75) is 31.6 Å². The Morgan fingerprint density at radius 2 is 1.56 bits per heavy atom. The van der Waals surface area contributed by atoms with E-state index >= 15 is 0 Å². The van der Waals surface area contributed by atoms with Gasteiger partial charge in [0.2, 0.25) is 0 Å². The van der Waals surface area contributed by atoms with Crippen molar-refractivity contribution in [3.8, 4) is 0 Å². The number of ether oxygens (including phenoxy) is 2. The second kappa shape index (κ2) is 11.3. The molecule has 0 saturated heterocycles. The van der Waals surface area contributed by atoms with Crippen LogP contribution in [0.3, 0.4) is 0 Å². The van der Waals surface area contributed by atoms with Crippen LogP contribution in [-0.4, -0.2) is 36.3 Å². The minimum absolute atomic E-state index is 0.0240. The van der Waals surface area contributed by atoms with Gasteiger partial charge in [0.25, 0.3) is 0 Å². The van der Waals surface area contributed by atoms with Crippen LogP contribution >= 0.6 is 22.9 Å². The molecule has 2 aromatic rings. The molecule has 2 rings (SSSR count). The van der Waals surface area contributed by atoms with Gasteiger partial charge >= 0.3 is 0 Å². The first kappa shape index (κ1) is 20.0. The molecule has 4 nitrogen and oxygen atoms in total. The Morgan fingerprint density at radius 1 is 1.00 bits per heavy atom. The molecular formula is C19H21FINO3. The molecule has 0 bridgehead atoms. The zero-order chi connectivity index (χ0) is 17.9. The molecule has 0 amide bonds. The first-order valence-corrected chi connectivity index (χ1v) is 8.91. The molecule has 6 heteroatoms. The third-order valence-corrected chi connectivity index (χ3v) is 3.90. The molecule has 0 aromatic heterocycles. The Morgan fingerprint density at radius 3 is 2.12 bits per heavy atom. The maximum absolute atomic E-state index is 14.3. The van der Waals surface area contributed by atoms with Crippen LogP contribution in [0.15, 0.2) is 63.9 Å². The lowest BCUT2D eigenvalue weighted by atomic mass is 10.1. The zero-order valence-electron chi connectivity index (χ0n) is 13.7. The van der Waals surface area contributed by atoms with E-state index in [2.05, 4.69) is 3.21 Å². The molecule has 0 saturated carbocycles. The highest BCUT2D eigenvalue weighted by Crippen LogP contribution is 2.13. The summed E-state index contributed by atoms with van der Waals surface area (Å²) in [6.45, 7) is 0.529. The van der Waals surface area contributed by atoms with Gasteiger partial charge in [-0.15, -0.1) is 0 Å². The summed E-state index contributed by atoms with van der Waals surface area (Å²) in [6.07, 6.45) is -2.54. The quantitative estimate of drug-likeness (QED) is 0.435. The van der Waals surface area contributed by atoms with Gasteiger partial charge in [-0.3, -0.25) is 0 Å². The van der Waals surface area contributed by atoms with Crippen LogP contribution in [0.2, 0.25) is 0 Å². The summed E-state index contributed by atoms with van der Waals surface area (Å²) < 4.78 is 29.0. The normalized spacial score (nSPS) is 15.2. The van der Waals surface area contributed by atoms with E-state index in [-0.39, 0.29) is 13.2 Å². The Kier molecular flexibility index (Phi) is 9.03. The van der Waals surface area contributed by atoms with E-state index in [0.717, 1.165) is 17.3 Å². The highest BCUT2D eigenvalue weighted by Gasteiger charge is 2.28. The summed E-state index contributed by atoms with van der Waals surface area (Å²) in [7, 11) is 0. The van der Waals surface area contributed by atoms with Crippen LogP contribution in [0, 0.1) is 0 Å². The van der Waals surface area contributed by atoms with Crippen molar-refractivity contribution < 1.29 is 19.0 Å². The van der Waals surface area contributed by atoms with Gasteiger partial charge in [-0.2, -0.15) is 0 Å². The summed E-state index contributed by atoms with van der Waals surface area (Å²) in [5.74, 6) is 0. The third-order valence-electron chi connectivity index (χ3n) is 3.58. The molecule has 25 heavy (non-hydrogen) atoms. The van der Waals surface area contributed by atoms with Crippen molar-refractivity contribution in [3.05, 3.63) is 71.8 Å². The molecule has 2 aromatic carbocycles. The first-order chi connectivity index (χ1) is 12.2. The van der Waals surface area contributed by atoms with Gasteiger partial charge in [-0.05, 0) is 11.1 Å². The van der Waals surface area contributed by atoms with Crippen molar-refractivity contribution >= 4 is 29.1 Å². The fraction of sp³-hybridized carbons (Fsp3) is 0.316. The molecule has 3 atom stereocenters. The number of alkyl halides is 1. The van der Waals surface area contributed by atoms with Gasteiger partial charge in [0.1, 0.15) is 12.2 Å². The van der Waals surface area contributed by atoms with Crippen molar-refractivity contribution in [2.75, 3.05) is 6.61 Å². The van der Waals surface area contributed by atoms with Gasteiger partial charge in [0, 0.05) is 6.21 Å². The highest BCUT2D eigenvalue weighted by molar-refractivity contribution is 14.1. The fourth-order valence-corrected chi connectivity index (χ4v) is 2.59. The Bertz CT molecular complexity index is 627. The summed E-state index contributed by atoms with van der Waals surface area (Å²) in [6, 6.07) is 19.0. The van der Waals surface area contributed by atoms with E-state index < -0.39 is 18.4 Å². The molecule has 134 valence electrons. The molecule has 0 heterocycles. The maximum atomic E-state index is 14.3. The second-order valence-corrected chi connectivity index (χ2v) is 6.08. The first-order valence-electron chi connectivity index (χ1n) is 7.94. The SMILES string of the molecule is OC(COCc1ccccc1)[C@@H](OCc1ccccc1)[C@H](F)/C=N/I. The predicted octanol–water partition coefficient (Wildman–Crippen LogP) is 3.91. The number of aliphatic hydroxyl groups excluding tert-OH is 1. The van der Waals surface area contributed by atoms with Crippen molar-refractivity contribution in [2.24, 2.45) is 3.21 Å². The van der Waals surface area contributed by atoms with E-state index in [9.17, 15) is 9.50 Å². The largest absolute Gasteiger partial charge is 0.388 e. The third kappa shape index (κ3) is 7.19. The highest BCUT2D eigenvalue weighted by atomic mass is 127. The molecule has 0 aliphatic rings. The topological polar surface area (TPSA) is 51.0 Å². The number of hydrogen-bond donors (Lipinski definition) is 1. The molecule has 0 radical (unpaired) electrons. The summed E-state index contributed by atoms with van der Waals surface area (Å²) in [5.41, 5.74) is 1.89. The summed E-state index contributed by atoms with van der Waals surface area (Å²) in [4.78, 5) is 0. The van der Waals surface area contributed by atoms with Crippen LogP contribution < -0.4 is 0 Å². The van der Waals surface area contributed by atoms with Crippen LogP contribution in [0.25, 0.3) is 0 Å². The molecule has 0 aliphatic heterocycles. The second-order valence-electron chi connectivity index (χ2n) is 5.52. The lowest BCUT2D eigenvalue weighted by molar-refractivity contribution is -0.0971. The summed E-state index contributed by atoms with van der Waals surface area (Å²) in [5, 5.41) is 10.3. The number of rotatable bonds is 10. The van der Waals surface area contributed by atoms with Gasteiger partial charge in [0.15, 0.2) is 6.17 Å². The van der Waals surface area contributed by atoms with Crippen LogP contribution in [0.5, 0.6) is 0 Å². The van der Waals surface area contributed by atoms with Crippen molar-refractivity contribution in [1.82, 2.24) is 0 Å². The van der Waals surface area contributed by atoms with Gasteiger partial charge in [-0.1, -0.05) is 60.7 Å².